The number of hydrogen-bond donors (Lipinski definition) is 0. The van der Waals surface area contributed by atoms with Crippen molar-refractivity contribution in [3.63, 3.8) is 0 Å². The van der Waals surface area contributed by atoms with Crippen LogP contribution in [-0.4, -0.2) is 24.5 Å². The SMILES string of the molecule is c1ccc(-c2ccc3c4ccccc4n(-c4ccc(-c5nc(-c6ccc7ccccc7c6)nc(-c6ccc7c(c6)oc6cccnc67)n5)c5ccccc45)c3c2)cc1. The van der Waals surface area contributed by atoms with Crippen molar-refractivity contribution in [3.8, 4) is 51.0 Å². The topological polar surface area (TPSA) is 69.6 Å². The van der Waals surface area contributed by atoms with E-state index in [0.29, 0.717) is 17.5 Å². The van der Waals surface area contributed by atoms with Crippen molar-refractivity contribution >= 4 is 65.4 Å². The Morgan fingerprint density at radius 1 is 0.379 bits per heavy atom. The molecule has 0 saturated carbocycles. The molecule has 0 spiro atoms. The first-order chi connectivity index (χ1) is 28.7. The van der Waals surface area contributed by atoms with Crippen molar-refractivity contribution in [1.29, 1.82) is 0 Å². The van der Waals surface area contributed by atoms with Gasteiger partial charge in [-0.05, 0) is 81.9 Å². The molecule has 0 aliphatic rings. The van der Waals surface area contributed by atoms with Gasteiger partial charge in [0.1, 0.15) is 11.1 Å². The zero-order valence-electron chi connectivity index (χ0n) is 31.0. The summed E-state index contributed by atoms with van der Waals surface area (Å²) in [6, 6.07) is 63.6. The molecule has 0 aliphatic carbocycles. The van der Waals surface area contributed by atoms with Crippen LogP contribution in [0.5, 0.6) is 0 Å². The lowest BCUT2D eigenvalue weighted by molar-refractivity contribution is 0.668. The van der Waals surface area contributed by atoms with Crippen LogP contribution < -0.4 is 0 Å². The fraction of sp³-hybridized carbons (Fsp3) is 0. The third-order valence-corrected chi connectivity index (χ3v) is 11.3. The number of para-hydroxylation sites is 1. The van der Waals surface area contributed by atoms with Crippen molar-refractivity contribution in [1.82, 2.24) is 24.5 Å². The highest BCUT2D eigenvalue weighted by Crippen LogP contribution is 2.40. The largest absolute Gasteiger partial charge is 0.454 e. The molecule has 6 heteroatoms. The van der Waals surface area contributed by atoms with Crippen LogP contribution in [0.4, 0.5) is 0 Å². The minimum Gasteiger partial charge on any atom is -0.454 e. The van der Waals surface area contributed by atoms with E-state index in [0.717, 1.165) is 77.0 Å². The maximum absolute atomic E-state index is 6.26. The summed E-state index contributed by atoms with van der Waals surface area (Å²) in [6.07, 6.45) is 1.79. The van der Waals surface area contributed by atoms with Crippen LogP contribution in [0.15, 0.2) is 193 Å². The summed E-state index contributed by atoms with van der Waals surface area (Å²) in [6.45, 7) is 0. The zero-order chi connectivity index (χ0) is 38.2. The lowest BCUT2D eigenvalue weighted by Gasteiger charge is -2.15. The van der Waals surface area contributed by atoms with E-state index in [1.807, 2.05) is 30.3 Å². The molecule has 0 unspecified atom stereocenters. The van der Waals surface area contributed by atoms with E-state index in [4.69, 9.17) is 19.4 Å². The lowest BCUT2D eigenvalue weighted by atomic mass is 10.0. The molecule has 4 heterocycles. The number of rotatable bonds is 5. The molecular weight excluding hydrogens is 711 g/mol. The average molecular weight is 742 g/mol. The fourth-order valence-electron chi connectivity index (χ4n) is 8.53. The number of aromatic nitrogens is 5. The quantitative estimate of drug-likeness (QED) is 0.176. The normalized spacial score (nSPS) is 11.8. The molecule has 0 N–H and O–H groups in total. The molecule has 6 nitrogen and oxygen atoms in total. The monoisotopic (exact) mass is 741 g/mol. The summed E-state index contributed by atoms with van der Waals surface area (Å²) in [5, 5.41) is 7.80. The van der Waals surface area contributed by atoms with Gasteiger partial charge in [0.2, 0.25) is 0 Å². The molecule has 0 aliphatic heterocycles. The van der Waals surface area contributed by atoms with Gasteiger partial charge in [-0.1, -0.05) is 127 Å². The number of furan rings is 1. The molecule has 0 amide bonds. The first-order valence-electron chi connectivity index (χ1n) is 19.4. The fourth-order valence-corrected chi connectivity index (χ4v) is 8.53. The van der Waals surface area contributed by atoms with Gasteiger partial charge in [-0.2, -0.15) is 0 Å². The standard InChI is InChI=1S/C52H31N5O/c1-2-11-32(12-3-1)35-22-24-41-40-17-8-9-18-44(40)57(46(41)30-35)45-27-26-42(38-15-6-7-16-39(38)45)52-55-50(36-21-20-33-13-4-5-14-34(33)29-36)54-51(56-52)37-23-25-43-48(31-37)58-47-19-10-28-53-49(43)47/h1-31H. The Balaban J connectivity index is 1.08. The number of pyridine rings is 1. The first kappa shape index (κ1) is 32.3. The Morgan fingerprint density at radius 2 is 1.05 bits per heavy atom. The van der Waals surface area contributed by atoms with Crippen LogP contribution in [-0.2, 0) is 0 Å². The van der Waals surface area contributed by atoms with E-state index in [1.165, 1.54) is 21.9 Å². The molecule has 4 aromatic heterocycles. The minimum absolute atomic E-state index is 0.562. The molecule has 270 valence electrons. The second-order valence-electron chi connectivity index (χ2n) is 14.7. The molecule has 0 saturated heterocycles. The van der Waals surface area contributed by atoms with Crippen molar-refractivity contribution in [2.45, 2.75) is 0 Å². The van der Waals surface area contributed by atoms with E-state index in [9.17, 15) is 0 Å². The molecule has 0 fully saturated rings. The number of nitrogens with zero attached hydrogens (tertiary/aromatic N) is 5. The Morgan fingerprint density at radius 3 is 1.93 bits per heavy atom. The van der Waals surface area contributed by atoms with Gasteiger partial charge in [-0.25, -0.2) is 15.0 Å². The molecular formula is C52H31N5O. The van der Waals surface area contributed by atoms with Gasteiger partial charge < -0.3 is 8.98 Å². The number of fused-ring (bicyclic) bond motifs is 8. The van der Waals surface area contributed by atoms with Gasteiger partial charge in [0.25, 0.3) is 0 Å². The van der Waals surface area contributed by atoms with E-state index in [2.05, 4.69) is 161 Å². The summed E-state index contributed by atoms with van der Waals surface area (Å²) < 4.78 is 8.66. The predicted molar refractivity (Wildman–Crippen MR) is 236 cm³/mol. The maximum atomic E-state index is 6.26. The highest BCUT2D eigenvalue weighted by molar-refractivity contribution is 6.12. The second kappa shape index (κ2) is 12.8. The summed E-state index contributed by atoms with van der Waals surface area (Å²) in [5.74, 6) is 1.75. The van der Waals surface area contributed by atoms with Gasteiger partial charge in [0, 0.05) is 44.4 Å². The van der Waals surface area contributed by atoms with E-state index in [1.54, 1.807) is 6.20 Å². The Hall–Kier alpha value is -7.96. The summed E-state index contributed by atoms with van der Waals surface area (Å²) in [7, 11) is 0. The molecule has 58 heavy (non-hydrogen) atoms. The molecule has 12 rings (SSSR count). The molecule has 0 radical (unpaired) electrons. The van der Waals surface area contributed by atoms with Gasteiger partial charge >= 0.3 is 0 Å². The summed E-state index contributed by atoms with van der Waals surface area (Å²) >= 11 is 0. The van der Waals surface area contributed by atoms with Crippen LogP contribution in [0.3, 0.4) is 0 Å². The van der Waals surface area contributed by atoms with Crippen molar-refractivity contribution < 1.29 is 4.42 Å². The molecule has 0 atom stereocenters. The third-order valence-electron chi connectivity index (χ3n) is 11.3. The van der Waals surface area contributed by atoms with Crippen LogP contribution in [0.2, 0.25) is 0 Å². The number of hydrogen-bond acceptors (Lipinski definition) is 5. The average Bonchev–Trinajstić information content (AvgIpc) is 3.83. The Kier molecular flexibility index (Phi) is 7.13. The highest BCUT2D eigenvalue weighted by Gasteiger charge is 2.20. The third kappa shape index (κ3) is 5.12. The molecule has 8 aromatic carbocycles. The Bertz CT molecular complexity index is 3590. The molecule has 0 bridgehead atoms. The summed E-state index contributed by atoms with van der Waals surface area (Å²) in [4.78, 5) is 20.1. The minimum atomic E-state index is 0.562. The summed E-state index contributed by atoms with van der Waals surface area (Å²) in [5.41, 5.74) is 10.7. The van der Waals surface area contributed by atoms with E-state index < -0.39 is 0 Å². The van der Waals surface area contributed by atoms with E-state index >= 15 is 0 Å². The predicted octanol–water partition coefficient (Wildman–Crippen LogP) is 13.2. The molecule has 12 aromatic rings. The lowest BCUT2D eigenvalue weighted by Crippen LogP contribution is -2.02. The number of benzene rings is 8. The van der Waals surface area contributed by atoms with Crippen molar-refractivity contribution in [3.05, 3.63) is 188 Å². The highest BCUT2D eigenvalue weighted by atomic mass is 16.3. The van der Waals surface area contributed by atoms with Crippen LogP contribution in [0, 0.1) is 0 Å². The zero-order valence-corrected chi connectivity index (χ0v) is 31.0. The van der Waals surface area contributed by atoms with Crippen LogP contribution in [0.1, 0.15) is 0 Å². The van der Waals surface area contributed by atoms with Gasteiger partial charge in [0.05, 0.1) is 16.7 Å². The van der Waals surface area contributed by atoms with Gasteiger partial charge in [-0.3, -0.25) is 4.98 Å². The second-order valence-corrected chi connectivity index (χ2v) is 14.7. The van der Waals surface area contributed by atoms with Gasteiger partial charge in [-0.15, -0.1) is 0 Å². The Labute approximate surface area is 332 Å². The van der Waals surface area contributed by atoms with E-state index in [-0.39, 0.29) is 0 Å². The van der Waals surface area contributed by atoms with Crippen LogP contribution in [0.25, 0.3) is 116 Å². The maximum Gasteiger partial charge on any atom is 0.164 e. The van der Waals surface area contributed by atoms with Crippen LogP contribution >= 0.6 is 0 Å². The smallest absolute Gasteiger partial charge is 0.164 e. The van der Waals surface area contributed by atoms with Crippen molar-refractivity contribution in [2.75, 3.05) is 0 Å². The first-order valence-corrected chi connectivity index (χ1v) is 19.4. The van der Waals surface area contributed by atoms with Crippen molar-refractivity contribution in [2.24, 2.45) is 0 Å². The van der Waals surface area contributed by atoms with Gasteiger partial charge in [0.15, 0.2) is 23.1 Å².